The molecule has 0 aliphatic carbocycles. The summed E-state index contributed by atoms with van der Waals surface area (Å²) in [5, 5.41) is 9.28. The molecule has 1 saturated heterocycles. The van der Waals surface area contributed by atoms with Gasteiger partial charge in [0, 0.05) is 24.1 Å². The Bertz CT molecular complexity index is 688. The van der Waals surface area contributed by atoms with E-state index in [4.69, 9.17) is 0 Å². The molecule has 23 heavy (non-hydrogen) atoms. The minimum Gasteiger partial charge on any atom is -0.396 e. The quantitative estimate of drug-likeness (QED) is 0.884. The van der Waals surface area contributed by atoms with E-state index in [-0.39, 0.29) is 11.5 Å². The lowest BCUT2D eigenvalue weighted by molar-refractivity contribution is 0.113. The summed E-state index contributed by atoms with van der Waals surface area (Å²) in [5.74, 6) is 0. The lowest BCUT2D eigenvalue weighted by Crippen LogP contribution is -2.39. The van der Waals surface area contributed by atoms with Crippen LogP contribution in [0.4, 0.5) is 0 Å². The summed E-state index contributed by atoms with van der Waals surface area (Å²) in [4.78, 5) is 18.4. The second-order valence-corrected chi connectivity index (χ2v) is 7.38. The molecule has 1 aromatic carbocycles. The normalized spacial score (nSPS) is 19.1. The Morgan fingerprint density at radius 3 is 2.83 bits per heavy atom. The third-order valence-electron chi connectivity index (χ3n) is 4.62. The largest absolute Gasteiger partial charge is 0.396 e. The molecule has 2 N–H and O–H groups in total. The standard InChI is InChI=1S/C18H24N2O2S/c1-13-5-7-14(8-6-13)17-16(23-18(22)19-17)12-20-10-3-2-4-15(20)9-11-21/h5-8,15,21H,2-4,9-12H2,1H3,(H,19,22). The molecule has 0 radical (unpaired) electrons. The first-order chi connectivity index (χ1) is 11.2. The fraction of sp³-hybridized carbons (Fsp3) is 0.500. The van der Waals surface area contributed by atoms with Crippen molar-refractivity contribution in [2.24, 2.45) is 0 Å². The molecule has 2 aromatic rings. The van der Waals surface area contributed by atoms with Crippen molar-refractivity contribution in [1.29, 1.82) is 0 Å². The zero-order valence-electron chi connectivity index (χ0n) is 13.5. The highest BCUT2D eigenvalue weighted by molar-refractivity contribution is 7.09. The average Bonchev–Trinajstić information content (AvgIpc) is 2.91. The van der Waals surface area contributed by atoms with Crippen molar-refractivity contribution < 1.29 is 5.11 Å². The van der Waals surface area contributed by atoms with E-state index in [1.54, 1.807) is 0 Å². The van der Waals surface area contributed by atoms with E-state index in [1.165, 1.54) is 29.7 Å². The van der Waals surface area contributed by atoms with Crippen LogP contribution in [0.5, 0.6) is 0 Å². The van der Waals surface area contributed by atoms with Gasteiger partial charge in [-0.05, 0) is 38.3 Å². The Balaban J connectivity index is 1.85. The number of aliphatic hydroxyl groups excluding tert-OH is 1. The zero-order valence-corrected chi connectivity index (χ0v) is 14.4. The molecule has 124 valence electrons. The van der Waals surface area contributed by atoms with Gasteiger partial charge in [-0.25, -0.2) is 0 Å². The Morgan fingerprint density at radius 2 is 2.09 bits per heavy atom. The van der Waals surface area contributed by atoms with Crippen molar-refractivity contribution in [2.45, 2.75) is 45.2 Å². The number of hydrogen-bond acceptors (Lipinski definition) is 4. The van der Waals surface area contributed by atoms with Crippen LogP contribution in [0.2, 0.25) is 0 Å². The van der Waals surface area contributed by atoms with Crippen molar-refractivity contribution in [1.82, 2.24) is 9.88 Å². The summed E-state index contributed by atoms with van der Waals surface area (Å²) in [7, 11) is 0. The maximum Gasteiger partial charge on any atom is 0.305 e. The number of benzene rings is 1. The number of nitrogens with one attached hydrogen (secondary N) is 1. The van der Waals surface area contributed by atoms with Crippen LogP contribution < -0.4 is 4.87 Å². The highest BCUT2D eigenvalue weighted by atomic mass is 32.1. The van der Waals surface area contributed by atoms with Gasteiger partial charge in [0.25, 0.3) is 0 Å². The number of hydrogen-bond donors (Lipinski definition) is 2. The van der Waals surface area contributed by atoms with Crippen LogP contribution in [0.3, 0.4) is 0 Å². The number of nitrogens with zero attached hydrogens (tertiary/aromatic N) is 1. The maximum absolute atomic E-state index is 11.9. The summed E-state index contributed by atoms with van der Waals surface area (Å²) >= 11 is 1.31. The molecule has 5 heteroatoms. The van der Waals surface area contributed by atoms with Crippen molar-refractivity contribution in [3.05, 3.63) is 44.4 Å². The fourth-order valence-corrected chi connectivity index (χ4v) is 4.23. The Morgan fingerprint density at radius 1 is 1.30 bits per heavy atom. The van der Waals surface area contributed by atoms with E-state index >= 15 is 0 Å². The van der Waals surface area contributed by atoms with Gasteiger partial charge >= 0.3 is 4.87 Å². The number of aliphatic hydroxyl groups is 1. The van der Waals surface area contributed by atoms with Crippen molar-refractivity contribution >= 4 is 11.3 Å². The van der Waals surface area contributed by atoms with E-state index in [9.17, 15) is 9.90 Å². The number of rotatable bonds is 5. The Labute approximate surface area is 140 Å². The third kappa shape index (κ3) is 3.91. The third-order valence-corrected chi connectivity index (χ3v) is 5.49. The molecule has 1 aliphatic rings. The Kier molecular flexibility index (Phi) is 5.30. The van der Waals surface area contributed by atoms with Crippen LogP contribution >= 0.6 is 11.3 Å². The van der Waals surface area contributed by atoms with Crippen LogP contribution in [0.15, 0.2) is 29.1 Å². The molecule has 0 bridgehead atoms. The predicted octanol–water partition coefficient (Wildman–Crippen LogP) is 3.15. The molecule has 1 atom stereocenters. The summed E-state index contributed by atoms with van der Waals surface area (Å²) < 4.78 is 0. The molecule has 0 amide bonds. The summed E-state index contributed by atoms with van der Waals surface area (Å²) in [6.45, 7) is 4.13. The number of aryl methyl sites for hydroxylation is 1. The SMILES string of the molecule is Cc1ccc(-c2[nH]c(=O)sc2CN2CCCCC2CCO)cc1. The zero-order chi connectivity index (χ0) is 16.2. The van der Waals surface area contributed by atoms with Crippen LogP contribution in [-0.2, 0) is 6.54 Å². The number of H-pyrrole nitrogens is 1. The predicted molar refractivity (Wildman–Crippen MR) is 94.9 cm³/mol. The summed E-state index contributed by atoms with van der Waals surface area (Å²) in [6, 6.07) is 8.71. The lowest BCUT2D eigenvalue weighted by Gasteiger charge is -2.35. The molecule has 4 nitrogen and oxygen atoms in total. The second-order valence-electron chi connectivity index (χ2n) is 6.31. The number of piperidine rings is 1. The highest BCUT2D eigenvalue weighted by Crippen LogP contribution is 2.28. The van der Waals surface area contributed by atoms with Gasteiger partial charge in [-0.3, -0.25) is 9.69 Å². The minimum atomic E-state index is 0.00583. The van der Waals surface area contributed by atoms with Gasteiger partial charge in [0.1, 0.15) is 0 Å². The van der Waals surface area contributed by atoms with Gasteiger partial charge in [-0.2, -0.15) is 0 Å². The summed E-state index contributed by atoms with van der Waals surface area (Å²) in [6.07, 6.45) is 4.38. The van der Waals surface area contributed by atoms with Crippen LogP contribution in [0.1, 0.15) is 36.1 Å². The highest BCUT2D eigenvalue weighted by Gasteiger charge is 2.24. The van der Waals surface area contributed by atoms with Gasteiger partial charge in [0.2, 0.25) is 0 Å². The van der Waals surface area contributed by atoms with E-state index in [0.717, 1.165) is 42.1 Å². The topological polar surface area (TPSA) is 56.3 Å². The van der Waals surface area contributed by atoms with Crippen LogP contribution in [-0.4, -0.2) is 34.2 Å². The molecule has 1 aromatic heterocycles. The van der Waals surface area contributed by atoms with E-state index < -0.39 is 0 Å². The van der Waals surface area contributed by atoms with E-state index in [2.05, 4.69) is 41.1 Å². The molecular weight excluding hydrogens is 308 g/mol. The number of aromatic amines is 1. The molecule has 0 saturated carbocycles. The molecule has 1 fully saturated rings. The van der Waals surface area contributed by atoms with Crippen molar-refractivity contribution in [3.63, 3.8) is 0 Å². The van der Waals surface area contributed by atoms with Gasteiger partial charge in [0.15, 0.2) is 0 Å². The monoisotopic (exact) mass is 332 g/mol. The van der Waals surface area contributed by atoms with Crippen molar-refractivity contribution in [2.75, 3.05) is 13.2 Å². The summed E-state index contributed by atoms with van der Waals surface area (Å²) in [5.41, 5.74) is 3.24. The number of aromatic nitrogens is 1. The fourth-order valence-electron chi connectivity index (χ4n) is 3.35. The Hall–Kier alpha value is -1.43. The first-order valence-corrected chi connectivity index (χ1v) is 9.13. The maximum atomic E-state index is 11.9. The molecular formula is C18H24N2O2S. The van der Waals surface area contributed by atoms with Crippen molar-refractivity contribution in [3.8, 4) is 11.3 Å². The molecule has 2 heterocycles. The number of thiazole rings is 1. The van der Waals surface area contributed by atoms with E-state index in [0.29, 0.717) is 6.04 Å². The smallest absolute Gasteiger partial charge is 0.305 e. The molecule has 3 rings (SSSR count). The van der Waals surface area contributed by atoms with Gasteiger partial charge < -0.3 is 10.1 Å². The second kappa shape index (κ2) is 7.43. The lowest BCUT2D eigenvalue weighted by atomic mass is 9.99. The molecule has 1 aliphatic heterocycles. The van der Waals surface area contributed by atoms with Crippen LogP contribution in [0, 0.1) is 6.92 Å². The van der Waals surface area contributed by atoms with Gasteiger partial charge in [-0.1, -0.05) is 47.6 Å². The average molecular weight is 332 g/mol. The van der Waals surface area contributed by atoms with Gasteiger partial charge in [0.05, 0.1) is 5.69 Å². The first-order valence-electron chi connectivity index (χ1n) is 8.31. The molecule has 0 spiro atoms. The first kappa shape index (κ1) is 16.4. The molecule has 1 unspecified atom stereocenters. The van der Waals surface area contributed by atoms with Crippen LogP contribution in [0.25, 0.3) is 11.3 Å². The number of likely N-dealkylation sites (tertiary alicyclic amines) is 1. The van der Waals surface area contributed by atoms with Gasteiger partial charge in [-0.15, -0.1) is 0 Å². The van der Waals surface area contributed by atoms with E-state index in [1.807, 2.05) is 0 Å². The minimum absolute atomic E-state index is 0.00583.